The Balaban J connectivity index is 0.00000441. The van der Waals surface area contributed by atoms with E-state index in [0.29, 0.717) is 5.15 Å². The first-order chi connectivity index (χ1) is 9.85. The smallest absolute Gasteiger partial charge is 0.191 e. The van der Waals surface area contributed by atoms with Crippen LogP contribution in [0.1, 0.15) is 19.4 Å². The Kier molecular flexibility index (Phi) is 9.95. The minimum Gasteiger partial charge on any atom is -0.356 e. The van der Waals surface area contributed by atoms with Gasteiger partial charge in [-0.25, -0.2) is 4.98 Å². The van der Waals surface area contributed by atoms with E-state index in [-0.39, 0.29) is 29.5 Å². The van der Waals surface area contributed by atoms with Crippen molar-refractivity contribution in [3.8, 4) is 0 Å². The van der Waals surface area contributed by atoms with Gasteiger partial charge in [0.1, 0.15) is 5.15 Å². The Labute approximate surface area is 156 Å². The second kappa shape index (κ2) is 10.2. The molecule has 0 aromatic carbocycles. The molecule has 2 N–H and O–H groups in total. The zero-order valence-electron chi connectivity index (χ0n) is 14.0. The summed E-state index contributed by atoms with van der Waals surface area (Å²) in [7, 11) is 5.93. The first-order valence-electron chi connectivity index (χ1n) is 7.07. The monoisotopic (exact) mass is 439 g/mol. The fraction of sp³-hybridized carbons (Fsp3) is 0.600. The summed E-state index contributed by atoms with van der Waals surface area (Å²) in [6.45, 7) is 5.99. The number of aromatic nitrogens is 1. The molecule has 0 spiro atoms. The molecule has 126 valence electrons. The largest absolute Gasteiger partial charge is 0.356 e. The van der Waals surface area contributed by atoms with E-state index in [1.165, 1.54) is 0 Å². The van der Waals surface area contributed by atoms with Crippen LogP contribution in [0, 0.1) is 0 Å². The number of likely N-dealkylation sites (N-methyl/N-ethyl adjacent to an activating group) is 1. The van der Waals surface area contributed by atoms with Crippen LogP contribution in [0.3, 0.4) is 0 Å². The second-order valence-corrected chi connectivity index (χ2v) is 6.19. The maximum Gasteiger partial charge on any atom is 0.191 e. The molecule has 0 amide bonds. The molecule has 0 atom stereocenters. The maximum absolute atomic E-state index is 5.77. The minimum atomic E-state index is 0. The first kappa shape index (κ1) is 21.4. The molecular weight excluding hydrogens is 413 g/mol. The Morgan fingerprint density at radius 2 is 2.00 bits per heavy atom. The van der Waals surface area contributed by atoms with Gasteiger partial charge >= 0.3 is 0 Å². The molecule has 0 aliphatic heterocycles. The lowest BCUT2D eigenvalue weighted by molar-refractivity contribution is 0.197. The first-order valence-corrected chi connectivity index (χ1v) is 7.45. The normalized spacial score (nSPS) is 12.0. The zero-order valence-corrected chi connectivity index (χ0v) is 17.1. The third-order valence-corrected chi connectivity index (χ3v) is 3.84. The lowest BCUT2D eigenvalue weighted by atomic mass is 10.0. The van der Waals surface area contributed by atoms with Crippen LogP contribution in [-0.4, -0.2) is 55.6 Å². The summed E-state index contributed by atoms with van der Waals surface area (Å²) in [5, 5.41) is 7.17. The van der Waals surface area contributed by atoms with Gasteiger partial charge in [0.25, 0.3) is 0 Å². The number of hydrogen-bond donors (Lipinski definition) is 2. The van der Waals surface area contributed by atoms with Gasteiger partial charge in [0.2, 0.25) is 0 Å². The summed E-state index contributed by atoms with van der Waals surface area (Å²) in [6.07, 6.45) is 2.68. The number of hydrogen-bond acceptors (Lipinski definition) is 3. The van der Waals surface area contributed by atoms with Crippen LogP contribution in [0.2, 0.25) is 5.15 Å². The predicted molar refractivity (Wildman–Crippen MR) is 105 cm³/mol. The number of nitrogens with one attached hydrogen (secondary N) is 2. The van der Waals surface area contributed by atoms with E-state index in [9.17, 15) is 0 Å². The summed E-state index contributed by atoms with van der Waals surface area (Å²) >= 11 is 5.77. The van der Waals surface area contributed by atoms with E-state index in [1.807, 2.05) is 12.1 Å². The second-order valence-electron chi connectivity index (χ2n) is 5.80. The van der Waals surface area contributed by atoms with Crippen molar-refractivity contribution in [2.24, 2.45) is 4.99 Å². The van der Waals surface area contributed by atoms with Gasteiger partial charge in [-0.1, -0.05) is 17.7 Å². The summed E-state index contributed by atoms with van der Waals surface area (Å²) < 4.78 is 0. The Bertz CT molecular complexity index is 460. The van der Waals surface area contributed by atoms with Crippen LogP contribution in [0.4, 0.5) is 0 Å². The highest BCUT2D eigenvalue weighted by Crippen LogP contribution is 2.07. The third kappa shape index (κ3) is 7.60. The number of pyridine rings is 1. The number of aliphatic imine (C=N–C) groups is 1. The molecule has 0 saturated heterocycles. The van der Waals surface area contributed by atoms with Crippen molar-refractivity contribution in [3.63, 3.8) is 0 Å². The topological polar surface area (TPSA) is 52.6 Å². The average Bonchev–Trinajstić information content (AvgIpc) is 2.44. The van der Waals surface area contributed by atoms with Gasteiger partial charge in [0, 0.05) is 31.9 Å². The Hall–Kier alpha value is -0.600. The molecule has 0 aliphatic rings. The molecule has 1 aromatic rings. The highest BCUT2D eigenvalue weighted by atomic mass is 127. The molecule has 22 heavy (non-hydrogen) atoms. The van der Waals surface area contributed by atoms with Crippen LogP contribution >= 0.6 is 35.6 Å². The van der Waals surface area contributed by atoms with Crippen LogP contribution in [-0.2, 0) is 6.42 Å². The fourth-order valence-electron chi connectivity index (χ4n) is 1.56. The third-order valence-electron chi connectivity index (χ3n) is 3.62. The van der Waals surface area contributed by atoms with Gasteiger partial charge in [-0.3, -0.25) is 4.99 Å². The molecule has 0 bridgehead atoms. The Morgan fingerprint density at radius 3 is 2.50 bits per heavy atom. The Morgan fingerprint density at radius 1 is 1.32 bits per heavy atom. The van der Waals surface area contributed by atoms with Crippen molar-refractivity contribution in [2.75, 3.05) is 34.2 Å². The average molecular weight is 440 g/mol. The van der Waals surface area contributed by atoms with Crippen LogP contribution < -0.4 is 10.6 Å². The number of guanidine groups is 1. The number of rotatable bonds is 6. The molecule has 0 fully saturated rings. The van der Waals surface area contributed by atoms with E-state index in [4.69, 9.17) is 11.6 Å². The molecule has 0 radical (unpaired) electrons. The minimum absolute atomic E-state index is 0. The molecule has 5 nitrogen and oxygen atoms in total. The van der Waals surface area contributed by atoms with Crippen LogP contribution in [0.15, 0.2) is 23.3 Å². The summed E-state index contributed by atoms with van der Waals surface area (Å²) in [5.74, 6) is 0.812. The van der Waals surface area contributed by atoms with Gasteiger partial charge in [-0.2, -0.15) is 0 Å². The van der Waals surface area contributed by atoms with Gasteiger partial charge in [-0.05, 0) is 46.0 Å². The maximum atomic E-state index is 5.77. The summed E-state index contributed by atoms with van der Waals surface area (Å²) in [5.41, 5.74) is 1.22. The van der Waals surface area contributed by atoms with Crippen molar-refractivity contribution in [1.82, 2.24) is 20.5 Å². The van der Waals surface area contributed by atoms with Crippen LogP contribution in [0.25, 0.3) is 0 Å². The highest BCUT2D eigenvalue weighted by molar-refractivity contribution is 14.0. The molecule has 1 aromatic heterocycles. The van der Waals surface area contributed by atoms with Gasteiger partial charge in [0.05, 0.1) is 0 Å². The zero-order chi connectivity index (χ0) is 15.9. The molecule has 1 rings (SSSR count). The molecule has 1 heterocycles. The quantitative estimate of drug-likeness (QED) is 0.309. The number of halogens is 2. The molecule has 0 unspecified atom stereocenters. The highest BCUT2D eigenvalue weighted by Gasteiger charge is 2.20. The van der Waals surface area contributed by atoms with Crippen LogP contribution in [0.5, 0.6) is 0 Å². The van der Waals surface area contributed by atoms with Crippen molar-refractivity contribution in [1.29, 1.82) is 0 Å². The molecular formula is C15H27ClIN5. The lowest BCUT2D eigenvalue weighted by Gasteiger charge is -2.33. The summed E-state index contributed by atoms with van der Waals surface area (Å²) in [6, 6.07) is 3.80. The van der Waals surface area contributed by atoms with Gasteiger partial charge in [0.15, 0.2) is 5.96 Å². The van der Waals surface area contributed by atoms with E-state index < -0.39 is 0 Å². The van der Waals surface area contributed by atoms with Crippen molar-refractivity contribution >= 4 is 41.5 Å². The van der Waals surface area contributed by atoms with Crippen molar-refractivity contribution in [3.05, 3.63) is 29.0 Å². The SMILES string of the molecule is CN=C(NCCc1ccc(Cl)nc1)NCC(C)(C)N(C)C.I. The van der Waals surface area contributed by atoms with Crippen molar-refractivity contribution in [2.45, 2.75) is 25.8 Å². The van der Waals surface area contributed by atoms with E-state index in [2.05, 4.69) is 53.5 Å². The van der Waals surface area contributed by atoms with Gasteiger partial charge < -0.3 is 15.5 Å². The molecule has 0 saturated carbocycles. The van der Waals surface area contributed by atoms with Gasteiger partial charge in [-0.15, -0.1) is 24.0 Å². The van der Waals surface area contributed by atoms with E-state index in [1.54, 1.807) is 13.2 Å². The van der Waals surface area contributed by atoms with E-state index in [0.717, 1.165) is 31.0 Å². The van der Waals surface area contributed by atoms with E-state index >= 15 is 0 Å². The fourth-order valence-corrected chi connectivity index (χ4v) is 1.67. The molecule has 0 aliphatic carbocycles. The molecule has 7 heteroatoms. The van der Waals surface area contributed by atoms with Crippen molar-refractivity contribution < 1.29 is 0 Å². The standard InChI is InChI=1S/C15H26ClN5.HI/c1-15(2,21(4)5)11-20-14(17-3)18-9-8-12-6-7-13(16)19-10-12;/h6-7,10H,8-9,11H2,1-5H3,(H2,17,18,20);1H. The summed E-state index contributed by atoms with van der Waals surface area (Å²) in [4.78, 5) is 10.5. The number of nitrogens with zero attached hydrogens (tertiary/aromatic N) is 3. The predicted octanol–water partition coefficient (Wildman–Crippen LogP) is 2.40. The lowest BCUT2D eigenvalue weighted by Crippen LogP contribution is -2.51.